The third-order valence-corrected chi connectivity index (χ3v) is 4.37. The fourth-order valence-electron chi connectivity index (χ4n) is 3.01. The Morgan fingerprint density at radius 2 is 1.96 bits per heavy atom. The average Bonchev–Trinajstić information content (AvgIpc) is 2.62. The van der Waals surface area contributed by atoms with Crippen LogP contribution >= 0.6 is 0 Å². The Bertz CT molecular complexity index is 483. The van der Waals surface area contributed by atoms with Crippen molar-refractivity contribution in [2.75, 3.05) is 51.3 Å². The quantitative estimate of drug-likeness (QED) is 0.615. The summed E-state index contributed by atoms with van der Waals surface area (Å²) in [5.74, 6) is 1.04. The molecule has 1 heterocycles. The summed E-state index contributed by atoms with van der Waals surface area (Å²) in [6, 6.07) is 10.5. The molecule has 0 bridgehead atoms. The predicted octanol–water partition coefficient (Wildman–Crippen LogP) is 2.59. The van der Waals surface area contributed by atoms with E-state index < -0.39 is 0 Å². The van der Waals surface area contributed by atoms with Gasteiger partial charge in [-0.3, -0.25) is 4.99 Å². The number of aliphatic imine (C=N–C) groups is 1. The largest absolute Gasteiger partial charge is 0.378 e. The molecule has 1 fully saturated rings. The smallest absolute Gasteiger partial charge is 0.193 e. The van der Waals surface area contributed by atoms with Gasteiger partial charge in [-0.25, -0.2) is 0 Å². The van der Waals surface area contributed by atoms with E-state index in [1.807, 2.05) is 6.07 Å². The van der Waals surface area contributed by atoms with E-state index in [4.69, 9.17) is 9.73 Å². The Hall–Kier alpha value is -1.75. The number of hydrogen-bond acceptors (Lipinski definition) is 3. The number of nitrogens with zero attached hydrogens (tertiary/aromatic N) is 3. The molecule has 5 heteroatoms. The zero-order chi connectivity index (χ0) is 17.2. The van der Waals surface area contributed by atoms with E-state index in [0.717, 1.165) is 58.1 Å². The SMILES string of the molecule is CCNC(=NCCN(C)c1ccccc1)N1CCC(OCC)CC1. The number of para-hydroxylation sites is 1. The maximum absolute atomic E-state index is 5.74. The molecule has 1 aromatic rings. The predicted molar refractivity (Wildman–Crippen MR) is 102 cm³/mol. The summed E-state index contributed by atoms with van der Waals surface area (Å²) in [4.78, 5) is 9.43. The molecule has 0 aromatic heterocycles. The van der Waals surface area contributed by atoms with Crippen molar-refractivity contribution in [3.05, 3.63) is 30.3 Å². The highest BCUT2D eigenvalue weighted by Gasteiger charge is 2.21. The fraction of sp³-hybridized carbons (Fsp3) is 0.632. The summed E-state index contributed by atoms with van der Waals surface area (Å²) in [6.45, 7) is 9.65. The van der Waals surface area contributed by atoms with Gasteiger partial charge < -0.3 is 19.9 Å². The lowest BCUT2D eigenvalue weighted by Crippen LogP contribution is -2.47. The van der Waals surface area contributed by atoms with Crippen molar-refractivity contribution in [3.8, 4) is 0 Å². The van der Waals surface area contributed by atoms with Gasteiger partial charge in [0.1, 0.15) is 0 Å². The van der Waals surface area contributed by atoms with Gasteiger partial charge >= 0.3 is 0 Å². The first-order valence-electron chi connectivity index (χ1n) is 9.15. The molecule has 1 N–H and O–H groups in total. The fourth-order valence-corrected chi connectivity index (χ4v) is 3.01. The van der Waals surface area contributed by atoms with E-state index in [1.165, 1.54) is 5.69 Å². The summed E-state index contributed by atoms with van der Waals surface area (Å²) in [6.07, 6.45) is 2.59. The topological polar surface area (TPSA) is 40.1 Å². The molecule has 0 aliphatic carbocycles. The standard InChI is InChI=1S/C19H32N4O/c1-4-20-19(23-14-11-18(12-15-23)24-5-2)21-13-16-22(3)17-9-7-6-8-10-17/h6-10,18H,4-5,11-16H2,1-3H3,(H,20,21). The Morgan fingerprint density at radius 3 is 2.58 bits per heavy atom. The number of nitrogens with one attached hydrogen (secondary N) is 1. The van der Waals surface area contributed by atoms with Crippen LogP contribution in [0.5, 0.6) is 0 Å². The van der Waals surface area contributed by atoms with Gasteiger partial charge in [0.25, 0.3) is 0 Å². The van der Waals surface area contributed by atoms with Crippen molar-refractivity contribution in [3.63, 3.8) is 0 Å². The highest BCUT2D eigenvalue weighted by Crippen LogP contribution is 2.14. The molecule has 2 rings (SSSR count). The van der Waals surface area contributed by atoms with E-state index >= 15 is 0 Å². The minimum Gasteiger partial charge on any atom is -0.378 e. The molecule has 0 saturated carbocycles. The van der Waals surface area contributed by atoms with Gasteiger partial charge in [0, 0.05) is 45.5 Å². The number of ether oxygens (including phenoxy) is 1. The molecule has 24 heavy (non-hydrogen) atoms. The zero-order valence-electron chi connectivity index (χ0n) is 15.4. The first-order chi connectivity index (χ1) is 11.7. The third kappa shape index (κ3) is 5.71. The van der Waals surface area contributed by atoms with Gasteiger partial charge in [-0.2, -0.15) is 0 Å². The molecule has 1 saturated heterocycles. The van der Waals surface area contributed by atoms with E-state index in [9.17, 15) is 0 Å². The van der Waals surface area contributed by atoms with Crippen LogP contribution in [-0.4, -0.2) is 63.3 Å². The van der Waals surface area contributed by atoms with Crippen molar-refractivity contribution in [1.82, 2.24) is 10.2 Å². The van der Waals surface area contributed by atoms with Crippen molar-refractivity contribution >= 4 is 11.6 Å². The first kappa shape index (κ1) is 18.6. The van der Waals surface area contributed by atoms with Gasteiger partial charge in [-0.05, 0) is 38.8 Å². The number of rotatable bonds is 7. The zero-order valence-corrected chi connectivity index (χ0v) is 15.4. The maximum Gasteiger partial charge on any atom is 0.193 e. The van der Waals surface area contributed by atoms with Gasteiger partial charge in [-0.1, -0.05) is 18.2 Å². The molecule has 0 radical (unpaired) electrons. The summed E-state index contributed by atoms with van der Waals surface area (Å²) in [7, 11) is 2.12. The molecular formula is C19H32N4O. The monoisotopic (exact) mass is 332 g/mol. The van der Waals surface area contributed by atoms with Crippen LogP contribution in [0.3, 0.4) is 0 Å². The maximum atomic E-state index is 5.74. The minimum atomic E-state index is 0.415. The Labute approximate surface area is 146 Å². The Morgan fingerprint density at radius 1 is 1.25 bits per heavy atom. The van der Waals surface area contributed by atoms with Crippen LogP contribution in [0.25, 0.3) is 0 Å². The molecular weight excluding hydrogens is 300 g/mol. The van der Waals surface area contributed by atoms with E-state index in [1.54, 1.807) is 0 Å². The van der Waals surface area contributed by atoms with Gasteiger partial charge in [-0.15, -0.1) is 0 Å². The molecule has 1 aromatic carbocycles. The van der Waals surface area contributed by atoms with Crippen LogP contribution in [0.15, 0.2) is 35.3 Å². The van der Waals surface area contributed by atoms with Gasteiger partial charge in [0.2, 0.25) is 0 Å². The Balaban J connectivity index is 1.84. The highest BCUT2D eigenvalue weighted by molar-refractivity contribution is 5.80. The van der Waals surface area contributed by atoms with E-state index in [2.05, 4.69) is 60.3 Å². The normalized spacial score (nSPS) is 16.3. The lowest BCUT2D eigenvalue weighted by atomic mass is 10.1. The second-order valence-corrected chi connectivity index (χ2v) is 6.13. The number of likely N-dealkylation sites (N-methyl/N-ethyl adjacent to an activating group) is 1. The van der Waals surface area contributed by atoms with E-state index in [0.29, 0.717) is 6.10 Å². The number of benzene rings is 1. The summed E-state index contributed by atoms with van der Waals surface area (Å²) in [5, 5.41) is 3.43. The number of piperidine rings is 1. The van der Waals surface area contributed by atoms with Crippen molar-refractivity contribution in [1.29, 1.82) is 0 Å². The van der Waals surface area contributed by atoms with Crippen LogP contribution in [0.2, 0.25) is 0 Å². The van der Waals surface area contributed by atoms with Gasteiger partial charge in [0.15, 0.2) is 5.96 Å². The van der Waals surface area contributed by atoms with Crippen LogP contribution < -0.4 is 10.2 Å². The van der Waals surface area contributed by atoms with Crippen LogP contribution in [0.4, 0.5) is 5.69 Å². The Kier molecular flexibility index (Phi) is 7.89. The molecule has 5 nitrogen and oxygen atoms in total. The van der Waals surface area contributed by atoms with Crippen LogP contribution in [-0.2, 0) is 4.74 Å². The van der Waals surface area contributed by atoms with Crippen LogP contribution in [0.1, 0.15) is 26.7 Å². The molecule has 0 amide bonds. The second-order valence-electron chi connectivity index (χ2n) is 6.13. The first-order valence-corrected chi connectivity index (χ1v) is 9.15. The summed E-state index contributed by atoms with van der Waals surface area (Å²) < 4.78 is 5.74. The molecule has 134 valence electrons. The lowest BCUT2D eigenvalue weighted by molar-refractivity contribution is 0.0264. The number of guanidine groups is 1. The summed E-state index contributed by atoms with van der Waals surface area (Å²) in [5.41, 5.74) is 1.23. The lowest BCUT2D eigenvalue weighted by Gasteiger charge is -2.34. The summed E-state index contributed by atoms with van der Waals surface area (Å²) >= 11 is 0. The van der Waals surface area contributed by atoms with Crippen molar-refractivity contribution in [2.45, 2.75) is 32.8 Å². The molecule has 0 unspecified atom stereocenters. The van der Waals surface area contributed by atoms with Gasteiger partial charge in [0.05, 0.1) is 12.6 Å². The van der Waals surface area contributed by atoms with Crippen molar-refractivity contribution in [2.24, 2.45) is 4.99 Å². The third-order valence-electron chi connectivity index (χ3n) is 4.37. The molecule has 1 aliphatic heterocycles. The minimum absolute atomic E-state index is 0.415. The molecule has 0 atom stereocenters. The number of hydrogen-bond donors (Lipinski definition) is 1. The average molecular weight is 332 g/mol. The molecule has 1 aliphatic rings. The van der Waals surface area contributed by atoms with E-state index in [-0.39, 0.29) is 0 Å². The number of anilines is 1. The van der Waals surface area contributed by atoms with Crippen LogP contribution in [0, 0.1) is 0 Å². The number of likely N-dealkylation sites (tertiary alicyclic amines) is 1. The van der Waals surface area contributed by atoms with Crippen molar-refractivity contribution < 1.29 is 4.74 Å². The highest BCUT2D eigenvalue weighted by atomic mass is 16.5. The molecule has 0 spiro atoms. The second kappa shape index (κ2) is 10.2.